The maximum Gasteiger partial charge on any atom is 0.227 e. The third-order valence-corrected chi connectivity index (χ3v) is 5.67. The summed E-state index contributed by atoms with van der Waals surface area (Å²) in [5, 5.41) is 4.88. The average molecular weight is 434 g/mol. The molecule has 1 N–H and O–H groups in total. The average Bonchev–Trinajstić information content (AvgIpc) is 3.45. The number of rotatable bonds is 5. The fourth-order valence-electron chi connectivity index (χ4n) is 3.95. The number of H-pyrrole nitrogens is 1. The first-order valence-corrected chi connectivity index (χ1v) is 10.4. The summed E-state index contributed by atoms with van der Waals surface area (Å²) in [6, 6.07) is 10.5. The molecule has 8 heteroatoms. The number of halogens is 2. The lowest BCUT2D eigenvalue weighted by Gasteiger charge is -2.26. The summed E-state index contributed by atoms with van der Waals surface area (Å²) < 4.78 is 31.7. The molecule has 0 radical (unpaired) electrons. The Kier molecular flexibility index (Phi) is 5.26. The molecule has 0 aliphatic carbocycles. The van der Waals surface area contributed by atoms with E-state index in [0.29, 0.717) is 36.8 Å². The first-order chi connectivity index (χ1) is 15.6. The molecule has 0 saturated heterocycles. The quantitative estimate of drug-likeness (QED) is 0.492. The van der Waals surface area contributed by atoms with Crippen LogP contribution in [0.4, 0.5) is 8.78 Å². The van der Waals surface area contributed by atoms with Crippen LogP contribution in [0.1, 0.15) is 24.3 Å². The second-order valence-electron chi connectivity index (χ2n) is 7.73. The van der Waals surface area contributed by atoms with Crippen LogP contribution in [0, 0.1) is 11.6 Å². The summed E-state index contributed by atoms with van der Waals surface area (Å²) >= 11 is 0. The Hall–Kier alpha value is -3.81. The van der Waals surface area contributed by atoms with Crippen LogP contribution >= 0.6 is 0 Å². The van der Waals surface area contributed by atoms with Crippen molar-refractivity contribution in [1.82, 2.24) is 20.0 Å². The predicted octanol–water partition coefficient (Wildman–Crippen LogP) is 4.74. The number of hydrogen-bond donors (Lipinski definition) is 1. The lowest BCUT2D eigenvalue weighted by Crippen LogP contribution is -2.34. The Morgan fingerprint density at radius 2 is 1.94 bits per heavy atom. The van der Waals surface area contributed by atoms with Gasteiger partial charge in [-0.05, 0) is 54.5 Å². The SMILES string of the molecule is O=C(CCc1nc(-c2ccc(F)cc2)no1)N1CC=C(c2c[nH]c3cc(F)ccc23)CC1. The Morgan fingerprint density at radius 3 is 2.72 bits per heavy atom. The third-order valence-electron chi connectivity index (χ3n) is 5.67. The summed E-state index contributed by atoms with van der Waals surface area (Å²) in [5.74, 6) is 0.156. The Morgan fingerprint density at radius 1 is 1.12 bits per heavy atom. The molecule has 2 aromatic carbocycles. The maximum absolute atomic E-state index is 13.4. The standard InChI is InChI=1S/C24H20F2N4O2/c25-17-3-1-16(2-4-17)24-28-22(32-29-24)7-8-23(31)30-11-9-15(10-12-30)20-14-27-21-13-18(26)5-6-19(20)21/h1-6,9,13-14,27H,7-8,10-12H2. The molecule has 0 unspecified atom stereocenters. The molecule has 162 valence electrons. The highest BCUT2D eigenvalue weighted by Crippen LogP contribution is 2.29. The fraction of sp³-hybridized carbons (Fsp3) is 0.208. The van der Waals surface area contributed by atoms with Gasteiger partial charge in [0.1, 0.15) is 11.6 Å². The van der Waals surface area contributed by atoms with Crippen molar-refractivity contribution in [2.45, 2.75) is 19.3 Å². The Labute approximate surface area is 182 Å². The topological polar surface area (TPSA) is 75.0 Å². The van der Waals surface area contributed by atoms with Crippen molar-refractivity contribution in [3.05, 3.63) is 77.8 Å². The van der Waals surface area contributed by atoms with Crippen molar-refractivity contribution in [3.63, 3.8) is 0 Å². The molecule has 0 bridgehead atoms. The zero-order chi connectivity index (χ0) is 22.1. The van der Waals surface area contributed by atoms with Gasteiger partial charge in [0.15, 0.2) is 0 Å². The highest BCUT2D eigenvalue weighted by molar-refractivity contribution is 5.93. The molecule has 32 heavy (non-hydrogen) atoms. The van der Waals surface area contributed by atoms with Crippen LogP contribution in [0.3, 0.4) is 0 Å². The van der Waals surface area contributed by atoms with E-state index in [0.717, 1.165) is 28.5 Å². The van der Waals surface area contributed by atoms with Gasteiger partial charge in [-0.25, -0.2) is 8.78 Å². The zero-order valence-electron chi connectivity index (χ0n) is 17.1. The van der Waals surface area contributed by atoms with Crippen LogP contribution in [0.25, 0.3) is 27.9 Å². The summed E-state index contributed by atoms with van der Waals surface area (Å²) in [7, 11) is 0. The van der Waals surface area contributed by atoms with E-state index >= 15 is 0 Å². The minimum Gasteiger partial charge on any atom is -0.360 e. The summed E-state index contributed by atoms with van der Waals surface area (Å²) in [5.41, 5.74) is 3.61. The van der Waals surface area contributed by atoms with E-state index in [1.165, 1.54) is 24.3 Å². The smallest absolute Gasteiger partial charge is 0.227 e. The van der Waals surface area contributed by atoms with E-state index in [1.54, 1.807) is 23.1 Å². The number of nitrogens with zero attached hydrogens (tertiary/aromatic N) is 3. The van der Waals surface area contributed by atoms with Crippen LogP contribution in [-0.4, -0.2) is 39.0 Å². The van der Waals surface area contributed by atoms with Crippen molar-refractivity contribution >= 4 is 22.4 Å². The number of carbonyl (C=O) groups excluding carboxylic acids is 1. The van der Waals surface area contributed by atoms with Gasteiger partial charge in [0.05, 0.1) is 0 Å². The second kappa shape index (κ2) is 8.37. The van der Waals surface area contributed by atoms with E-state index in [1.807, 2.05) is 12.3 Å². The van der Waals surface area contributed by atoms with Crippen molar-refractivity contribution in [2.75, 3.05) is 13.1 Å². The monoisotopic (exact) mass is 434 g/mol. The molecule has 1 amide bonds. The van der Waals surface area contributed by atoms with E-state index in [4.69, 9.17) is 4.52 Å². The van der Waals surface area contributed by atoms with Crippen LogP contribution in [-0.2, 0) is 11.2 Å². The van der Waals surface area contributed by atoms with Gasteiger partial charge in [-0.1, -0.05) is 11.2 Å². The number of benzene rings is 2. The molecule has 6 nitrogen and oxygen atoms in total. The first-order valence-electron chi connectivity index (χ1n) is 10.4. The van der Waals surface area contributed by atoms with Gasteiger partial charge in [0.25, 0.3) is 0 Å². The summed E-state index contributed by atoms with van der Waals surface area (Å²) in [6.45, 7) is 1.13. The molecule has 4 aromatic rings. The number of carbonyl (C=O) groups is 1. The molecule has 5 rings (SSSR count). The molecule has 2 aromatic heterocycles. The van der Waals surface area contributed by atoms with Crippen LogP contribution in [0.15, 0.2) is 59.3 Å². The predicted molar refractivity (Wildman–Crippen MR) is 115 cm³/mol. The lowest BCUT2D eigenvalue weighted by molar-refractivity contribution is -0.130. The van der Waals surface area contributed by atoms with Gasteiger partial charge < -0.3 is 14.4 Å². The molecule has 0 fully saturated rings. The summed E-state index contributed by atoms with van der Waals surface area (Å²) in [4.78, 5) is 21.9. The molecular formula is C24H20F2N4O2. The molecule has 0 atom stereocenters. The van der Waals surface area contributed by atoms with Crippen LogP contribution in [0.5, 0.6) is 0 Å². The first kappa shape index (κ1) is 20.1. The molecule has 1 aliphatic rings. The van der Waals surface area contributed by atoms with E-state index in [-0.39, 0.29) is 24.0 Å². The van der Waals surface area contributed by atoms with Crippen molar-refractivity contribution < 1.29 is 18.1 Å². The number of aromatic amines is 1. The second-order valence-corrected chi connectivity index (χ2v) is 7.73. The molecule has 0 saturated carbocycles. The number of fused-ring (bicyclic) bond motifs is 1. The number of aryl methyl sites for hydroxylation is 1. The number of hydrogen-bond acceptors (Lipinski definition) is 4. The Balaban J connectivity index is 1.19. The van der Waals surface area contributed by atoms with E-state index in [2.05, 4.69) is 15.1 Å². The largest absolute Gasteiger partial charge is 0.360 e. The lowest BCUT2D eigenvalue weighted by atomic mass is 9.98. The maximum atomic E-state index is 13.4. The number of nitrogens with one attached hydrogen (secondary N) is 1. The van der Waals surface area contributed by atoms with Gasteiger partial charge >= 0.3 is 0 Å². The van der Waals surface area contributed by atoms with Gasteiger partial charge in [0.2, 0.25) is 17.6 Å². The van der Waals surface area contributed by atoms with Crippen molar-refractivity contribution in [1.29, 1.82) is 0 Å². The van der Waals surface area contributed by atoms with Gasteiger partial charge in [-0.3, -0.25) is 4.79 Å². The van der Waals surface area contributed by atoms with Crippen LogP contribution < -0.4 is 0 Å². The van der Waals surface area contributed by atoms with E-state index < -0.39 is 0 Å². The third kappa shape index (κ3) is 4.03. The molecular weight excluding hydrogens is 414 g/mol. The number of aromatic nitrogens is 3. The highest BCUT2D eigenvalue weighted by atomic mass is 19.1. The van der Waals surface area contributed by atoms with Gasteiger partial charge in [-0.15, -0.1) is 0 Å². The van der Waals surface area contributed by atoms with Crippen LogP contribution in [0.2, 0.25) is 0 Å². The molecule has 1 aliphatic heterocycles. The molecule has 3 heterocycles. The zero-order valence-corrected chi connectivity index (χ0v) is 17.1. The van der Waals surface area contributed by atoms with Gasteiger partial charge in [-0.2, -0.15) is 4.98 Å². The highest BCUT2D eigenvalue weighted by Gasteiger charge is 2.20. The minimum absolute atomic E-state index is 0.0165. The summed E-state index contributed by atoms with van der Waals surface area (Å²) in [6.07, 6.45) is 5.27. The van der Waals surface area contributed by atoms with E-state index in [9.17, 15) is 13.6 Å². The van der Waals surface area contributed by atoms with Crippen molar-refractivity contribution in [3.8, 4) is 11.4 Å². The Bertz CT molecular complexity index is 1310. The fourth-order valence-corrected chi connectivity index (χ4v) is 3.95. The molecule has 0 spiro atoms. The minimum atomic E-state index is -0.333. The van der Waals surface area contributed by atoms with Crippen molar-refractivity contribution in [2.24, 2.45) is 0 Å². The van der Waals surface area contributed by atoms with Gasteiger partial charge in [0, 0.05) is 54.2 Å². The normalized spacial score (nSPS) is 14.1. The number of amides is 1.